The number of nitrogens with one attached hydrogen (secondary N) is 1. The van der Waals surface area contributed by atoms with Gasteiger partial charge in [-0.1, -0.05) is 326 Å². The van der Waals surface area contributed by atoms with Crippen LogP contribution in [0.4, 0.5) is 0 Å². The highest BCUT2D eigenvalue weighted by atomic mass is 31.2. The van der Waals surface area contributed by atoms with Crippen molar-refractivity contribution in [2.75, 3.05) is 40.9 Å². The SMILES string of the molecule is CCCCCCCCCC/C=C\CCCCCCCCCCCCCCCCCCCCCC(=O)NC(COP(=O)(O)OCC[N+](C)(C)C)C(O)/C=C/CC/C=C/CC/C=C/CCCCCCCCCCCCCCCCCCCC. The number of allylic oxidation sites excluding steroid dienone is 7. The molecule has 1 amide bonds. The van der Waals surface area contributed by atoms with Gasteiger partial charge in [-0.05, 0) is 70.6 Å². The monoisotopic (exact) mass is 1160 g/mol. The summed E-state index contributed by atoms with van der Waals surface area (Å²) in [6, 6.07) is -0.871. The van der Waals surface area contributed by atoms with Gasteiger partial charge in [-0.2, -0.15) is 0 Å². The first kappa shape index (κ1) is 79.5. The van der Waals surface area contributed by atoms with Crippen LogP contribution in [-0.2, 0) is 18.4 Å². The van der Waals surface area contributed by atoms with Crippen molar-refractivity contribution >= 4 is 13.7 Å². The maximum absolute atomic E-state index is 13.0. The van der Waals surface area contributed by atoms with E-state index < -0.39 is 20.0 Å². The zero-order chi connectivity index (χ0) is 59.1. The predicted molar refractivity (Wildman–Crippen MR) is 355 cm³/mol. The van der Waals surface area contributed by atoms with Crippen LogP contribution in [0.2, 0.25) is 0 Å². The van der Waals surface area contributed by atoms with E-state index in [1.807, 2.05) is 27.2 Å². The fourth-order valence-corrected chi connectivity index (χ4v) is 11.5. The quantitative estimate of drug-likeness (QED) is 0.0243. The Morgan fingerprint density at radius 3 is 0.988 bits per heavy atom. The van der Waals surface area contributed by atoms with Crippen LogP contribution in [0.25, 0.3) is 0 Å². The van der Waals surface area contributed by atoms with Gasteiger partial charge in [0.25, 0.3) is 0 Å². The second-order valence-electron chi connectivity index (χ2n) is 25.6. The van der Waals surface area contributed by atoms with E-state index in [1.165, 1.54) is 289 Å². The average Bonchev–Trinajstić information content (AvgIpc) is 3.43. The van der Waals surface area contributed by atoms with Crippen molar-refractivity contribution in [3.63, 3.8) is 0 Å². The van der Waals surface area contributed by atoms with E-state index in [2.05, 4.69) is 55.6 Å². The van der Waals surface area contributed by atoms with Crippen molar-refractivity contribution in [2.45, 2.75) is 366 Å². The molecule has 0 aromatic rings. The second kappa shape index (κ2) is 63.0. The Balaban J connectivity index is 4.10. The lowest BCUT2D eigenvalue weighted by atomic mass is 10.0. The zero-order valence-electron chi connectivity index (χ0n) is 54.8. The molecule has 0 heterocycles. The molecule has 0 fully saturated rings. The largest absolute Gasteiger partial charge is 0.472 e. The first-order chi connectivity index (χ1) is 39.5. The summed E-state index contributed by atoms with van der Waals surface area (Å²) in [5, 5.41) is 14.0. The molecule has 3 N–H and O–H groups in total. The number of nitrogens with zero attached hydrogens (tertiary/aromatic N) is 1. The van der Waals surface area contributed by atoms with Gasteiger partial charge in [0.1, 0.15) is 13.2 Å². The van der Waals surface area contributed by atoms with Crippen molar-refractivity contribution in [2.24, 2.45) is 0 Å². The number of aliphatic hydroxyl groups excluding tert-OH is 1. The summed E-state index contributed by atoms with van der Waals surface area (Å²) in [7, 11) is 1.56. The molecule has 0 bridgehead atoms. The third kappa shape index (κ3) is 65.9. The molecule has 9 heteroatoms. The lowest BCUT2D eigenvalue weighted by Gasteiger charge is -2.25. The van der Waals surface area contributed by atoms with Gasteiger partial charge in [0.05, 0.1) is 39.9 Å². The first-order valence-electron chi connectivity index (χ1n) is 35.5. The van der Waals surface area contributed by atoms with Gasteiger partial charge in [-0.3, -0.25) is 13.8 Å². The highest BCUT2D eigenvalue weighted by Gasteiger charge is 2.28. The van der Waals surface area contributed by atoms with Crippen LogP contribution in [0.15, 0.2) is 48.6 Å². The van der Waals surface area contributed by atoms with E-state index in [4.69, 9.17) is 9.05 Å². The van der Waals surface area contributed by atoms with Crippen LogP contribution in [0.5, 0.6) is 0 Å². The fraction of sp³-hybridized carbons (Fsp3) is 0.875. The Kier molecular flexibility index (Phi) is 61.8. The Bertz CT molecular complexity index is 1460. The number of rotatable bonds is 66. The minimum absolute atomic E-state index is 0.0544. The Morgan fingerprint density at radius 1 is 0.407 bits per heavy atom. The van der Waals surface area contributed by atoms with Crippen LogP contribution in [0.1, 0.15) is 354 Å². The molecular weight excluding hydrogens is 1020 g/mol. The normalized spacial score (nSPS) is 13.9. The fourth-order valence-electron chi connectivity index (χ4n) is 10.7. The Morgan fingerprint density at radius 2 is 0.679 bits per heavy atom. The van der Waals surface area contributed by atoms with Gasteiger partial charge in [0.15, 0.2) is 0 Å². The number of carbonyl (C=O) groups excluding carboxylic acids is 1. The topological polar surface area (TPSA) is 105 Å². The van der Waals surface area contributed by atoms with Crippen molar-refractivity contribution in [3.05, 3.63) is 48.6 Å². The molecular formula is C72H140N2O6P+. The number of amides is 1. The highest BCUT2D eigenvalue weighted by molar-refractivity contribution is 7.47. The summed E-state index contributed by atoms with van der Waals surface area (Å²) >= 11 is 0. The molecule has 3 atom stereocenters. The highest BCUT2D eigenvalue weighted by Crippen LogP contribution is 2.43. The van der Waals surface area contributed by atoms with Crippen LogP contribution in [0.3, 0.4) is 0 Å². The van der Waals surface area contributed by atoms with E-state index in [0.717, 1.165) is 44.9 Å². The maximum Gasteiger partial charge on any atom is 0.472 e. The number of phosphoric acid groups is 1. The number of hydrogen-bond acceptors (Lipinski definition) is 5. The molecule has 0 aliphatic rings. The lowest BCUT2D eigenvalue weighted by molar-refractivity contribution is -0.870. The molecule has 8 nitrogen and oxygen atoms in total. The van der Waals surface area contributed by atoms with Crippen molar-refractivity contribution in [1.82, 2.24) is 5.32 Å². The molecule has 0 saturated heterocycles. The summed E-state index contributed by atoms with van der Waals surface area (Å²) in [6.07, 6.45) is 85.6. The molecule has 0 aromatic heterocycles. The van der Waals surface area contributed by atoms with Gasteiger partial charge in [-0.15, -0.1) is 0 Å². The van der Waals surface area contributed by atoms with Gasteiger partial charge in [0.2, 0.25) is 5.91 Å². The molecule has 478 valence electrons. The van der Waals surface area contributed by atoms with Crippen molar-refractivity contribution < 1.29 is 32.9 Å². The van der Waals surface area contributed by atoms with E-state index in [9.17, 15) is 19.4 Å². The lowest BCUT2D eigenvalue weighted by Crippen LogP contribution is -2.45. The van der Waals surface area contributed by atoms with Crippen LogP contribution < -0.4 is 5.32 Å². The number of quaternary nitrogens is 1. The zero-order valence-corrected chi connectivity index (χ0v) is 55.7. The Labute approximate surface area is 505 Å². The molecule has 0 rings (SSSR count). The van der Waals surface area contributed by atoms with E-state index in [-0.39, 0.29) is 19.1 Å². The third-order valence-electron chi connectivity index (χ3n) is 16.2. The van der Waals surface area contributed by atoms with E-state index in [1.54, 1.807) is 6.08 Å². The minimum atomic E-state index is -4.37. The molecule has 0 spiro atoms. The van der Waals surface area contributed by atoms with Gasteiger partial charge < -0.3 is 19.8 Å². The number of phosphoric ester groups is 1. The number of carbonyl (C=O) groups is 1. The number of unbranched alkanes of at least 4 members (excludes halogenated alkanes) is 47. The summed E-state index contributed by atoms with van der Waals surface area (Å²) in [5.74, 6) is -0.185. The smallest absolute Gasteiger partial charge is 0.387 e. The summed E-state index contributed by atoms with van der Waals surface area (Å²) in [6.45, 7) is 4.84. The van der Waals surface area contributed by atoms with Crippen LogP contribution in [-0.4, -0.2) is 73.4 Å². The van der Waals surface area contributed by atoms with Crippen LogP contribution >= 0.6 is 7.82 Å². The summed E-state index contributed by atoms with van der Waals surface area (Å²) in [4.78, 5) is 23.4. The molecule has 3 unspecified atom stereocenters. The van der Waals surface area contributed by atoms with Crippen molar-refractivity contribution in [3.8, 4) is 0 Å². The van der Waals surface area contributed by atoms with E-state index in [0.29, 0.717) is 17.4 Å². The molecule has 0 aromatic carbocycles. The number of aliphatic hydroxyl groups is 1. The van der Waals surface area contributed by atoms with Gasteiger partial charge in [0, 0.05) is 6.42 Å². The van der Waals surface area contributed by atoms with Crippen molar-refractivity contribution in [1.29, 1.82) is 0 Å². The summed E-state index contributed by atoms with van der Waals surface area (Å²) in [5.41, 5.74) is 0. The van der Waals surface area contributed by atoms with Gasteiger partial charge >= 0.3 is 7.82 Å². The molecule has 0 saturated carbocycles. The van der Waals surface area contributed by atoms with Crippen LogP contribution in [0, 0.1) is 0 Å². The predicted octanol–water partition coefficient (Wildman–Crippen LogP) is 22.6. The molecule has 0 radical (unpaired) electrons. The second-order valence-corrected chi connectivity index (χ2v) is 27.0. The molecule has 0 aliphatic carbocycles. The summed E-state index contributed by atoms with van der Waals surface area (Å²) < 4.78 is 23.8. The first-order valence-corrected chi connectivity index (χ1v) is 37.0. The average molecular weight is 1160 g/mol. The number of hydrogen-bond donors (Lipinski definition) is 3. The standard InChI is InChI=1S/C72H139N2O6P/c1-6-8-10-12-14-16-18-20-22-24-26-28-30-32-34-36-37-38-40-42-44-46-48-50-52-54-56-58-60-62-64-66-72(76)73-70(69-80-81(77,78)79-68-67-74(3,4)5)71(75)65-63-61-59-57-55-53-51-49-47-45-43-41-39-35-33-31-29-27-25-23-21-19-17-15-13-11-9-7-2/h24,26,47,49,55,57,63,65,70-71,75H,6-23,25,27-46,48,50-54,56,58-62,64,66-69H2,1-5H3,(H-,73,76,77,78)/p+1/b26-24-,49-47+,57-55+,65-63+. The van der Waals surface area contributed by atoms with E-state index >= 15 is 0 Å². The van der Waals surface area contributed by atoms with Gasteiger partial charge in [-0.25, -0.2) is 4.57 Å². The minimum Gasteiger partial charge on any atom is -0.387 e. The number of likely N-dealkylation sites (N-methyl/N-ethyl adjacent to an activating group) is 1. The third-order valence-corrected chi connectivity index (χ3v) is 17.2. The maximum atomic E-state index is 13.0. The Hall–Kier alpha value is -1.54. The molecule has 0 aliphatic heterocycles. The molecule has 81 heavy (non-hydrogen) atoms.